The molecule has 0 aliphatic carbocycles. The molecule has 0 aromatic heterocycles. The largest absolute Gasteiger partial charge is 0.337 e. The van der Waals surface area contributed by atoms with Gasteiger partial charge >= 0.3 is 6.03 Å². The summed E-state index contributed by atoms with van der Waals surface area (Å²) in [6.45, 7) is 4.30. The SMILES string of the molecule is CS[C@H](C)CNC(=O)Nc1ccc([N+](=O)[O-])cc1C. The predicted molar refractivity (Wildman–Crippen MR) is 77.8 cm³/mol. The number of thioether (sulfide) groups is 1. The maximum atomic E-state index is 11.6. The maximum absolute atomic E-state index is 11.6. The van der Waals surface area contributed by atoms with E-state index in [1.807, 2.05) is 13.2 Å². The van der Waals surface area contributed by atoms with Crippen molar-refractivity contribution in [3.63, 3.8) is 0 Å². The van der Waals surface area contributed by atoms with Crippen LogP contribution in [-0.4, -0.2) is 29.0 Å². The van der Waals surface area contributed by atoms with E-state index in [4.69, 9.17) is 0 Å². The maximum Gasteiger partial charge on any atom is 0.319 e. The summed E-state index contributed by atoms with van der Waals surface area (Å²) in [4.78, 5) is 21.8. The molecule has 0 heterocycles. The highest BCUT2D eigenvalue weighted by Crippen LogP contribution is 2.20. The third-order valence-corrected chi connectivity index (χ3v) is 3.59. The van der Waals surface area contributed by atoms with Crippen LogP contribution in [0, 0.1) is 17.0 Å². The third kappa shape index (κ3) is 4.78. The molecule has 1 aromatic rings. The molecule has 0 saturated heterocycles. The molecule has 0 aliphatic heterocycles. The molecule has 2 amide bonds. The lowest BCUT2D eigenvalue weighted by Crippen LogP contribution is -2.33. The number of carbonyl (C=O) groups is 1. The summed E-state index contributed by atoms with van der Waals surface area (Å²) < 4.78 is 0. The number of amides is 2. The molecule has 0 radical (unpaired) electrons. The third-order valence-electron chi connectivity index (χ3n) is 2.62. The van der Waals surface area contributed by atoms with E-state index >= 15 is 0 Å². The lowest BCUT2D eigenvalue weighted by Gasteiger charge is -2.12. The first kappa shape index (κ1) is 15.3. The summed E-state index contributed by atoms with van der Waals surface area (Å²) in [6.07, 6.45) is 1.98. The Kier molecular flexibility index (Phi) is 5.62. The number of hydrogen-bond acceptors (Lipinski definition) is 4. The number of nitrogens with one attached hydrogen (secondary N) is 2. The van der Waals surface area contributed by atoms with Gasteiger partial charge < -0.3 is 10.6 Å². The Balaban J connectivity index is 2.62. The van der Waals surface area contributed by atoms with Gasteiger partial charge in [0, 0.05) is 29.6 Å². The summed E-state index contributed by atoms with van der Waals surface area (Å²) in [5.74, 6) is 0. The fraction of sp³-hybridized carbons (Fsp3) is 0.417. The first-order chi connectivity index (χ1) is 8.93. The number of benzene rings is 1. The van der Waals surface area contributed by atoms with E-state index in [-0.39, 0.29) is 11.7 Å². The number of hydrogen-bond donors (Lipinski definition) is 2. The lowest BCUT2D eigenvalue weighted by atomic mass is 10.2. The van der Waals surface area contributed by atoms with Gasteiger partial charge in [0.05, 0.1) is 4.92 Å². The van der Waals surface area contributed by atoms with Gasteiger partial charge in [0.1, 0.15) is 0 Å². The van der Waals surface area contributed by atoms with Gasteiger partial charge in [-0.25, -0.2) is 4.79 Å². The molecule has 1 rings (SSSR count). The Hall–Kier alpha value is -1.76. The van der Waals surface area contributed by atoms with Crippen molar-refractivity contribution in [2.45, 2.75) is 19.1 Å². The fourth-order valence-electron chi connectivity index (χ4n) is 1.39. The second kappa shape index (κ2) is 6.98. The Morgan fingerprint density at radius 2 is 2.21 bits per heavy atom. The van der Waals surface area contributed by atoms with E-state index in [9.17, 15) is 14.9 Å². The molecule has 104 valence electrons. The standard InChI is InChI=1S/C12H17N3O3S/c1-8-6-10(15(17)18)4-5-11(8)14-12(16)13-7-9(2)19-3/h4-6,9H,7H2,1-3H3,(H2,13,14,16)/t9-/m1/s1. The van der Waals surface area contributed by atoms with Crippen molar-refractivity contribution in [3.05, 3.63) is 33.9 Å². The highest BCUT2D eigenvalue weighted by molar-refractivity contribution is 7.99. The Labute approximate surface area is 116 Å². The van der Waals surface area contributed by atoms with Crippen LogP contribution in [-0.2, 0) is 0 Å². The number of non-ortho nitro benzene ring substituents is 1. The molecule has 7 heteroatoms. The van der Waals surface area contributed by atoms with E-state index in [0.29, 0.717) is 23.0 Å². The highest BCUT2D eigenvalue weighted by atomic mass is 32.2. The number of nitro benzene ring substituents is 1. The monoisotopic (exact) mass is 283 g/mol. The first-order valence-electron chi connectivity index (χ1n) is 5.76. The molecular weight excluding hydrogens is 266 g/mol. The van der Waals surface area contributed by atoms with Gasteiger partial charge in [-0.15, -0.1) is 0 Å². The topological polar surface area (TPSA) is 84.3 Å². The molecule has 0 bridgehead atoms. The number of nitrogens with zero attached hydrogens (tertiary/aromatic N) is 1. The molecule has 1 aromatic carbocycles. The van der Waals surface area contributed by atoms with Gasteiger partial charge in [-0.3, -0.25) is 10.1 Å². The number of aryl methyl sites for hydroxylation is 1. The molecule has 0 saturated carbocycles. The molecule has 0 aliphatic rings. The minimum atomic E-state index is -0.461. The average molecular weight is 283 g/mol. The second-order valence-electron chi connectivity index (χ2n) is 4.14. The number of urea groups is 1. The van der Waals surface area contributed by atoms with Crippen LogP contribution in [0.1, 0.15) is 12.5 Å². The van der Waals surface area contributed by atoms with Gasteiger partial charge in [0.2, 0.25) is 0 Å². The molecule has 0 fully saturated rings. The Morgan fingerprint density at radius 3 is 2.74 bits per heavy atom. The van der Waals surface area contributed by atoms with Crippen LogP contribution < -0.4 is 10.6 Å². The Morgan fingerprint density at radius 1 is 1.53 bits per heavy atom. The van der Waals surface area contributed by atoms with Crippen LogP contribution in [0.5, 0.6) is 0 Å². The molecule has 6 nitrogen and oxygen atoms in total. The van der Waals surface area contributed by atoms with Crippen molar-refractivity contribution in [2.24, 2.45) is 0 Å². The van der Waals surface area contributed by atoms with Crippen molar-refractivity contribution in [3.8, 4) is 0 Å². The van der Waals surface area contributed by atoms with Crippen LogP contribution in [0.25, 0.3) is 0 Å². The van der Waals surface area contributed by atoms with Crippen molar-refractivity contribution < 1.29 is 9.72 Å². The van der Waals surface area contributed by atoms with Crippen LogP contribution in [0.3, 0.4) is 0 Å². The van der Waals surface area contributed by atoms with E-state index < -0.39 is 4.92 Å². The van der Waals surface area contributed by atoms with Crippen molar-refractivity contribution in [1.82, 2.24) is 5.32 Å². The van der Waals surface area contributed by atoms with Crippen molar-refractivity contribution >= 4 is 29.2 Å². The minimum Gasteiger partial charge on any atom is -0.337 e. The van der Waals surface area contributed by atoms with Crippen LogP contribution in [0.2, 0.25) is 0 Å². The predicted octanol–water partition coefficient (Wildman–Crippen LogP) is 2.78. The minimum absolute atomic E-state index is 0.0134. The number of anilines is 1. The van der Waals surface area contributed by atoms with E-state index in [0.717, 1.165) is 0 Å². The summed E-state index contributed by atoms with van der Waals surface area (Å²) in [5, 5.41) is 16.4. The molecule has 2 N–H and O–H groups in total. The smallest absolute Gasteiger partial charge is 0.319 e. The number of rotatable bonds is 5. The van der Waals surface area contributed by atoms with Gasteiger partial charge in [0.15, 0.2) is 0 Å². The normalized spacial score (nSPS) is 11.7. The zero-order valence-corrected chi connectivity index (χ0v) is 11.9. The molecule has 1 atom stereocenters. The Bertz CT molecular complexity index is 479. The second-order valence-corrected chi connectivity index (χ2v) is 5.41. The molecule has 19 heavy (non-hydrogen) atoms. The van der Waals surface area contributed by atoms with Gasteiger partial charge in [0.25, 0.3) is 5.69 Å². The molecular formula is C12H17N3O3S. The van der Waals surface area contributed by atoms with Crippen molar-refractivity contribution in [2.75, 3.05) is 18.1 Å². The van der Waals surface area contributed by atoms with Crippen LogP contribution in [0.15, 0.2) is 18.2 Å². The summed E-state index contributed by atoms with van der Waals surface area (Å²) in [7, 11) is 0. The summed E-state index contributed by atoms with van der Waals surface area (Å²) >= 11 is 1.66. The van der Waals surface area contributed by atoms with E-state index in [1.54, 1.807) is 18.7 Å². The molecule has 0 unspecified atom stereocenters. The zero-order chi connectivity index (χ0) is 14.4. The summed E-state index contributed by atoms with van der Waals surface area (Å²) in [5.41, 5.74) is 1.24. The van der Waals surface area contributed by atoms with Gasteiger partial charge in [-0.1, -0.05) is 6.92 Å². The summed E-state index contributed by atoms with van der Waals surface area (Å²) in [6, 6.07) is 4.02. The van der Waals surface area contributed by atoms with E-state index in [2.05, 4.69) is 10.6 Å². The number of nitro groups is 1. The zero-order valence-electron chi connectivity index (χ0n) is 11.1. The first-order valence-corrected chi connectivity index (χ1v) is 7.05. The average Bonchev–Trinajstić information content (AvgIpc) is 2.38. The lowest BCUT2D eigenvalue weighted by molar-refractivity contribution is -0.384. The van der Waals surface area contributed by atoms with Crippen LogP contribution >= 0.6 is 11.8 Å². The quantitative estimate of drug-likeness (QED) is 0.643. The number of carbonyl (C=O) groups excluding carboxylic acids is 1. The van der Waals surface area contributed by atoms with Gasteiger partial charge in [-0.2, -0.15) is 11.8 Å². The van der Waals surface area contributed by atoms with Crippen LogP contribution in [0.4, 0.5) is 16.2 Å². The van der Waals surface area contributed by atoms with Gasteiger partial charge in [-0.05, 0) is 24.8 Å². The molecule has 0 spiro atoms. The fourth-order valence-corrected chi connectivity index (χ4v) is 1.64. The highest BCUT2D eigenvalue weighted by Gasteiger charge is 2.10. The van der Waals surface area contributed by atoms with E-state index in [1.165, 1.54) is 18.2 Å². The van der Waals surface area contributed by atoms with Crippen molar-refractivity contribution in [1.29, 1.82) is 0 Å².